The molecule has 3 aromatic rings. The molecule has 3 heterocycles. The quantitative estimate of drug-likeness (QED) is 0.601. The van der Waals surface area contributed by atoms with E-state index in [-0.39, 0.29) is 17.1 Å². The third kappa shape index (κ3) is 3.58. The highest BCUT2D eigenvalue weighted by Crippen LogP contribution is 2.28. The summed E-state index contributed by atoms with van der Waals surface area (Å²) in [7, 11) is 0. The lowest BCUT2D eigenvalue weighted by Gasteiger charge is -2.35. The molecule has 10 nitrogen and oxygen atoms in total. The van der Waals surface area contributed by atoms with Gasteiger partial charge in [-0.05, 0) is 45.4 Å². The van der Waals surface area contributed by atoms with Crippen LogP contribution in [0.5, 0.6) is 0 Å². The van der Waals surface area contributed by atoms with E-state index in [2.05, 4.69) is 46.4 Å². The lowest BCUT2D eigenvalue weighted by Crippen LogP contribution is -2.51. The van der Waals surface area contributed by atoms with Crippen LogP contribution in [0.1, 0.15) is 36.8 Å². The number of nitrogens with zero attached hydrogens (tertiary/aromatic N) is 6. The molecule has 2 aromatic heterocycles. The van der Waals surface area contributed by atoms with E-state index >= 15 is 0 Å². The van der Waals surface area contributed by atoms with Crippen molar-refractivity contribution in [1.82, 2.24) is 25.0 Å². The molecule has 0 atom stereocenters. The highest BCUT2D eigenvalue weighted by molar-refractivity contribution is 5.96. The molecule has 10 heteroatoms. The summed E-state index contributed by atoms with van der Waals surface area (Å²) in [5.41, 5.74) is 7.91. The molecule has 29 heavy (non-hydrogen) atoms. The number of aryl methyl sites for hydroxylation is 1. The van der Waals surface area contributed by atoms with Crippen LogP contribution in [0.25, 0.3) is 10.9 Å². The van der Waals surface area contributed by atoms with Crippen LogP contribution < -0.4 is 16.0 Å². The molecule has 0 spiro atoms. The summed E-state index contributed by atoms with van der Waals surface area (Å²) in [6.07, 6.45) is 1.59. The first-order valence-corrected chi connectivity index (χ1v) is 9.37. The van der Waals surface area contributed by atoms with Gasteiger partial charge < -0.3 is 21.1 Å². The summed E-state index contributed by atoms with van der Waals surface area (Å²) in [6, 6.07) is 3.87. The van der Waals surface area contributed by atoms with Gasteiger partial charge in [0.05, 0.1) is 17.2 Å². The van der Waals surface area contributed by atoms with Gasteiger partial charge in [0.2, 0.25) is 5.95 Å². The molecule has 1 aliphatic heterocycles. The number of hydrogen-bond donors (Lipinski definition) is 3. The summed E-state index contributed by atoms with van der Waals surface area (Å²) in [5, 5.41) is 26.2. The first-order valence-electron chi connectivity index (χ1n) is 9.37. The Morgan fingerprint density at radius 2 is 2.00 bits per heavy atom. The molecule has 1 amide bonds. The molecule has 0 bridgehead atoms. The average molecular weight is 396 g/mol. The van der Waals surface area contributed by atoms with Crippen LogP contribution in [0, 0.1) is 6.92 Å². The Kier molecular flexibility index (Phi) is 4.38. The Morgan fingerprint density at radius 1 is 1.28 bits per heavy atom. The van der Waals surface area contributed by atoms with Crippen LogP contribution in [0.3, 0.4) is 0 Å². The van der Waals surface area contributed by atoms with Crippen molar-refractivity contribution in [3.8, 4) is 0 Å². The molecule has 1 aromatic carbocycles. The van der Waals surface area contributed by atoms with Crippen LogP contribution in [0.4, 0.5) is 17.5 Å². The number of aliphatic hydroxyl groups is 1. The van der Waals surface area contributed by atoms with E-state index in [9.17, 15) is 9.90 Å². The maximum absolute atomic E-state index is 11.8. The van der Waals surface area contributed by atoms with Gasteiger partial charge in [0.25, 0.3) is 5.91 Å². The third-order valence-electron chi connectivity index (χ3n) is 4.80. The predicted molar refractivity (Wildman–Crippen MR) is 109 cm³/mol. The standard InChI is InChI=1S/C19H24N8O2/c1-10-5-12(6-11-7-27(19(2,3)4)25-14(10)11)21-17-15(16(20)29)23-24-18(22-17)26-8-13(28)9-26/h5-7,13,28H,8-9H2,1-4H3,(H2,20,29)(H,21,22,24). The fourth-order valence-electron chi connectivity index (χ4n) is 3.19. The molecule has 4 rings (SSSR count). The van der Waals surface area contributed by atoms with Crippen LogP contribution in [-0.4, -0.2) is 55.2 Å². The molecule has 0 saturated carbocycles. The smallest absolute Gasteiger partial charge is 0.273 e. The minimum absolute atomic E-state index is 0.0436. The Bertz CT molecular complexity index is 1100. The van der Waals surface area contributed by atoms with Gasteiger partial charge in [-0.3, -0.25) is 9.48 Å². The van der Waals surface area contributed by atoms with Crippen molar-refractivity contribution in [2.24, 2.45) is 5.73 Å². The number of aromatic nitrogens is 5. The van der Waals surface area contributed by atoms with Crippen molar-refractivity contribution in [3.63, 3.8) is 0 Å². The van der Waals surface area contributed by atoms with Crippen molar-refractivity contribution in [1.29, 1.82) is 0 Å². The molecule has 0 aliphatic carbocycles. The lowest BCUT2D eigenvalue weighted by molar-refractivity contribution is 0.0994. The molecule has 1 aliphatic rings. The van der Waals surface area contributed by atoms with Gasteiger partial charge in [-0.25, -0.2) is 0 Å². The van der Waals surface area contributed by atoms with E-state index in [1.165, 1.54) is 0 Å². The zero-order valence-electron chi connectivity index (χ0n) is 16.8. The second-order valence-electron chi connectivity index (χ2n) is 8.33. The van der Waals surface area contributed by atoms with Crippen LogP contribution in [-0.2, 0) is 5.54 Å². The van der Waals surface area contributed by atoms with Gasteiger partial charge in [-0.1, -0.05) is 0 Å². The number of nitrogens with two attached hydrogens (primary N) is 1. The van der Waals surface area contributed by atoms with Crippen molar-refractivity contribution >= 4 is 34.3 Å². The molecular weight excluding hydrogens is 372 g/mol. The number of carbonyl (C=O) groups is 1. The summed E-state index contributed by atoms with van der Waals surface area (Å²) in [6.45, 7) is 9.10. The van der Waals surface area contributed by atoms with Crippen LogP contribution >= 0.6 is 0 Å². The van der Waals surface area contributed by atoms with Gasteiger partial charge >= 0.3 is 0 Å². The van der Waals surface area contributed by atoms with Crippen molar-refractivity contribution in [2.75, 3.05) is 23.3 Å². The number of anilines is 3. The topological polar surface area (TPSA) is 135 Å². The zero-order valence-corrected chi connectivity index (χ0v) is 16.8. The Morgan fingerprint density at radius 3 is 2.62 bits per heavy atom. The van der Waals surface area contributed by atoms with Gasteiger partial charge in [-0.2, -0.15) is 10.1 Å². The number of aliphatic hydroxyl groups excluding tert-OH is 1. The fourth-order valence-corrected chi connectivity index (χ4v) is 3.19. The van der Waals surface area contributed by atoms with Gasteiger partial charge in [0.1, 0.15) is 0 Å². The Labute approximate surface area is 167 Å². The van der Waals surface area contributed by atoms with E-state index < -0.39 is 12.0 Å². The average Bonchev–Trinajstić information content (AvgIpc) is 3.04. The predicted octanol–water partition coefficient (Wildman–Crippen LogP) is 1.31. The molecule has 152 valence electrons. The number of β-amino-alcohol motifs (C(OH)–C–C–N with tert-alkyl or cyclic N) is 1. The van der Waals surface area contributed by atoms with E-state index in [1.54, 1.807) is 4.90 Å². The highest BCUT2D eigenvalue weighted by atomic mass is 16.3. The number of hydrogen-bond acceptors (Lipinski definition) is 8. The molecule has 1 saturated heterocycles. The fraction of sp³-hybridized carbons (Fsp3) is 0.421. The number of primary amides is 1. The molecule has 4 N–H and O–H groups in total. The van der Waals surface area contributed by atoms with Crippen molar-refractivity contribution in [2.45, 2.75) is 39.3 Å². The maximum atomic E-state index is 11.8. The summed E-state index contributed by atoms with van der Waals surface area (Å²) in [5.74, 6) is -0.159. The van der Waals surface area contributed by atoms with Crippen LogP contribution in [0.15, 0.2) is 18.3 Å². The first-order chi connectivity index (χ1) is 13.6. The normalized spacial score (nSPS) is 14.9. The van der Waals surface area contributed by atoms with E-state index in [1.807, 2.05) is 29.9 Å². The molecule has 1 fully saturated rings. The van der Waals surface area contributed by atoms with Crippen molar-refractivity contribution < 1.29 is 9.90 Å². The van der Waals surface area contributed by atoms with Gasteiger partial charge in [-0.15, -0.1) is 10.2 Å². The lowest BCUT2D eigenvalue weighted by atomic mass is 10.1. The summed E-state index contributed by atoms with van der Waals surface area (Å²) >= 11 is 0. The Balaban J connectivity index is 1.71. The van der Waals surface area contributed by atoms with Crippen molar-refractivity contribution in [3.05, 3.63) is 29.6 Å². The first kappa shape index (κ1) is 19.1. The third-order valence-corrected chi connectivity index (χ3v) is 4.80. The monoisotopic (exact) mass is 396 g/mol. The number of fused-ring (bicyclic) bond motifs is 1. The number of rotatable bonds is 4. The van der Waals surface area contributed by atoms with E-state index in [0.717, 1.165) is 22.2 Å². The largest absolute Gasteiger partial charge is 0.389 e. The number of amides is 1. The highest BCUT2D eigenvalue weighted by Gasteiger charge is 2.28. The second-order valence-corrected chi connectivity index (χ2v) is 8.33. The minimum atomic E-state index is -0.721. The SMILES string of the molecule is Cc1cc(Nc2nc(N3CC(O)C3)nnc2C(N)=O)cc2cn(C(C)(C)C)nc12. The van der Waals surface area contributed by atoms with Gasteiger partial charge in [0.15, 0.2) is 11.5 Å². The number of nitrogens with one attached hydrogen (secondary N) is 1. The molecule has 0 unspecified atom stereocenters. The van der Waals surface area contributed by atoms with E-state index in [4.69, 9.17) is 5.73 Å². The van der Waals surface area contributed by atoms with E-state index in [0.29, 0.717) is 19.0 Å². The summed E-state index contributed by atoms with van der Waals surface area (Å²) < 4.78 is 1.93. The number of carbonyl (C=O) groups excluding carboxylic acids is 1. The summed E-state index contributed by atoms with van der Waals surface area (Å²) in [4.78, 5) is 18.0. The Hall–Kier alpha value is -3.27. The number of benzene rings is 1. The van der Waals surface area contributed by atoms with Gasteiger partial charge in [0, 0.05) is 30.4 Å². The minimum Gasteiger partial charge on any atom is -0.389 e. The maximum Gasteiger partial charge on any atom is 0.273 e. The zero-order chi connectivity index (χ0) is 20.9. The second kappa shape index (κ2) is 6.66. The van der Waals surface area contributed by atoms with Crippen LogP contribution in [0.2, 0.25) is 0 Å². The molecular formula is C19H24N8O2. The molecule has 0 radical (unpaired) electrons.